The Kier molecular flexibility index (Phi) is 7.47. The lowest BCUT2D eigenvalue weighted by Gasteiger charge is -2.18. The first-order valence-electron chi connectivity index (χ1n) is 9.53. The third-order valence-electron chi connectivity index (χ3n) is 4.47. The zero-order valence-corrected chi connectivity index (χ0v) is 18.3. The van der Waals surface area contributed by atoms with E-state index >= 15 is 0 Å². The fourth-order valence-electron chi connectivity index (χ4n) is 3.01. The highest BCUT2D eigenvalue weighted by atomic mass is 28.3. The molecule has 4 heteroatoms. The van der Waals surface area contributed by atoms with E-state index in [1.165, 1.54) is 11.1 Å². The predicted molar refractivity (Wildman–Crippen MR) is 123 cm³/mol. The molecule has 0 N–H and O–H groups in total. The SMILES string of the molecule is C=C[SiH](Cc1ccccc1)Oc1cccc(O[SiH](C=C)Cc2ccccc2)c1. The molecule has 0 saturated heterocycles. The van der Waals surface area contributed by atoms with Gasteiger partial charge in [-0.2, -0.15) is 0 Å². The Balaban J connectivity index is 1.63. The van der Waals surface area contributed by atoms with E-state index in [9.17, 15) is 0 Å². The highest BCUT2D eigenvalue weighted by Gasteiger charge is 2.13. The number of hydrogen-bond acceptors (Lipinski definition) is 2. The summed E-state index contributed by atoms with van der Waals surface area (Å²) in [5.41, 5.74) is 6.54. The third-order valence-corrected chi connectivity index (χ3v) is 8.41. The monoisotopic (exact) mass is 402 g/mol. The summed E-state index contributed by atoms with van der Waals surface area (Å²) in [6.45, 7) is 7.97. The van der Waals surface area contributed by atoms with Crippen molar-refractivity contribution in [2.75, 3.05) is 0 Å². The maximum atomic E-state index is 6.27. The van der Waals surface area contributed by atoms with Crippen molar-refractivity contribution in [3.05, 3.63) is 121 Å². The van der Waals surface area contributed by atoms with Gasteiger partial charge in [-0.1, -0.05) is 78.1 Å². The van der Waals surface area contributed by atoms with Crippen LogP contribution in [0.5, 0.6) is 11.5 Å². The van der Waals surface area contributed by atoms with Crippen molar-refractivity contribution in [1.82, 2.24) is 0 Å². The quantitative estimate of drug-likeness (QED) is 0.449. The van der Waals surface area contributed by atoms with Crippen LogP contribution in [0, 0.1) is 0 Å². The van der Waals surface area contributed by atoms with Crippen molar-refractivity contribution in [2.24, 2.45) is 0 Å². The average molecular weight is 403 g/mol. The molecule has 3 rings (SSSR count). The van der Waals surface area contributed by atoms with E-state index in [2.05, 4.69) is 61.7 Å². The smallest absolute Gasteiger partial charge is 0.263 e. The average Bonchev–Trinajstić information content (AvgIpc) is 2.74. The van der Waals surface area contributed by atoms with E-state index in [4.69, 9.17) is 8.85 Å². The molecule has 3 aromatic carbocycles. The first kappa shape index (κ1) is 19.9. The van der Waals surface area contributed by atoms with Crippen molar-refractivity contribution < 1.29 is 8.85 Å². The summed E-state index contributed by atoms with van der Waals surface area (Å²) in [5.74, 6) is 1.70. The minimum absolute atomic E-state index is 0.849. The van der Waals surface area contributed by atoms with E-state index in [1.54, 1.807) is 0 Å². The Morgan fingerprint density at radius 3 is 1.43 bits per heavy atom. The van der Waals surface area contributed by atoms with Gasteiger partial charge in [0.05, 0.1) is 0 Å². The van der Waals surface area contributed by atoms with Crippen LogP contribution in [0.25, 0.3) is 0 Å². The van der Waals surface area contributed by atoms with Gasteiger partial charge in [-0.25, -0.2) is 0 Å². The van der Waals surface area contributed by atoms with Gasteiger partial charge in [0.25, 0.3) is 18.1 Å². The fourth-order valence-corrected chi connectivity index (χ4v) is 6.17. The molecule has 0 radical (unpaired) electrons. The lowest BCUT2D eigenvalue weighted by Crippen LogP contribution is -2.24. The zero-order valence-electron chi connectivity index (χ0n) is 16.0. The van der Waals surface area contributed by atoms with E-state index in [0.717, 1.165) is 23.6 Å². The lowest BCUT2D eigenvalue weighted by atomic mass is 10.2. The minimum atomic E-state index is -1.59. The molecule has 3 aromatic rings. The van der Waals surface area contributed by atoms with Crippen LogP contribution in [0.15, 0.2) is 109 Å². The molecule has 142 valence electrons. The summed E-state index contributed by atoms with van der Waals surface area (Å²) >= 11 is 0. The topological polar surface area (TPSA) is 18.5 Å². The molecule has 0 spiro atoms. The zero-order chi connectivity index (χ0) is 19.6. The van der Waals surface area contributed by atoms with Crippen LogP contribution >= 0.6 is 0 Å². The second-order valence-corrected chi connectivity index (χ2v) is 11.0. The van der Waals surface area contributed by atoms with Crippen molar-refractivity contribution in [1.29, 1.82) is 0 Å². The first-order chi connectivity index (χ1) is 13.8. The number of rotatable bonds is 10. The molecule has 0 amide bonds. The highest BCUT2D eigenvalue weighted by Crippen LogP contribution is 2.22. The van der Waals surface area contributed by atoms with Crippen LogP contribution < -0.4 is 8.85 Å². The molecular formula is C24H26O2Si2. The van der Waals surface area contributed by atoms with Gasteiger partial charge < -0.3 is 8.85 Å². The third kappa shape index (κ3) is 6.11. The van der Waals surface area contributed by atoms with E-state index in [-0.39, 0.29) is 0 Å². The van der Waals surface area contributed by atoms with Crippen molar-refractivity contribution >= 4 is 18.1 Å². The Labute approximate surface area is 171 Å². The van der Waals surface area contributed by atoms with Crippen LogP contribution in [-0.4, -0.2) is 18.1 Å². The molecule has 0 fully saturated rings. The molecule has 0 aromatic heterocycles. The molecule has 2 atom stereocenters. The van der Waals surface area contributed by atoms with Gasteiger partial charge in [-0.3, -0.25) is 0 Å². The van der Waals surface area contributed by atoms with Crippen molar-refractivity contribution in [3.8, 4) is 11.5 Å². The minimum Gasteiger partial charge on any atom is -0.542 e. The van der Waals surface area contributed by atoms with E-state index in [0.29, 0.717) is 0 Å². The molecular weight excluding hydrogens is 376 g/mol. The molecule has 28 heavy (non-hydrogen) atoms. The summed E-state index contributed by atoms with van der Waals surface area (Å²) in [6, 6.07) is 30.6. The summed E-state index contributed by atoms with van der Waals surface area (Å²) in [6.07, 6.45) is 0. The molecule has 0 bridgehead atoms. The molecule has 2 nitrogen and oxygen atoms in total. The Morgan fingerprint density at radius 2 is 1.04 bits per heavy atom. The van der Waals surface area contributed by atoms with Gasteiger partial charge in [-0.15, -0.1) is 13.2 Å². The number of benzene rings is 3. The van der Waals surface area contributed by atoms with Crippen molar-refractivity contribution in [2.45, 2.75) is 12.1 Å². The van der Waals surface area contributed by atoms with Gasteiger partial charge in [0, 0.05) is 18.2 Å². The van der Waals surface area contributed by atoms with E-state index < -0.39 is 18.1 Å². The molecule has 2 unspecified atom stereocenters. The highest BCUT2D eigenvalue weighted by molar-refractivity contribution is 6.58. The summed E-state index contributed by atoms with van der Waals surface area (Å²) in [4.78, 5) is 0. The molecule has 0 aliphatic rings. The second kappa shape index (κ2) is 10.5. The van der Waals surface area contributed by atoms with Gasteiger partial charge in [0.2, 0.25) is 0 Å². The molecule has 0 aliphatic heterocycles. The van der Waals surface area contributed by atoms with Crippen LogP contribution in [0.4, 0.5) is 0 Å². The standard InChI is InChI=1S/C24H26O2Si2/c1-3-27(19-21-12-7-5-8-13-21)25-23-16-11-17-24(18-23)26-28(4-2)20-22-14-9-6-10-15-22/h3-18,27-28H,1-2,19-20H2. The van der Waals surface area contributed by atoms with Crippen LogP contribution in [0.3, 0.4) is 0 Å². The Morgan fingerprint density at radius 1 is 0.607 bits per heavy atom. The van der Waals surface area contributed by atoms with Gasteiger partial charge >= 0.3 is 0 Å². The Hall–Kier alpha value is -2.83. The molecule has 0 heterocycles. The largest absolute Gasteiger partial charge is 0.542 e. The maximum absolute atomic E-state index is 6.27. The van der Waals surface area contributed by atoms with Crippen LogP contribution in [0.1, 0.15) is 11.1 Å². The van der Waals surface area contributed by atoms with Crippen molar-refractivity contribution in [3.63, 3.8) is 0 Å². The summed E-state index contributed by atoms with van der Waals surface area (Å²) in [7, 11) is -3.17. The second-order valence-electron chi connectivity index (χ2n) is 6.64. The lowest BCUT2D eigenvalue weighted by molar-refractivity contribution is 0.551. The fraction of sp³-hybridized carbons (Fsp3) is 0.0833. The van der Waals surface area contributed by atoms with E-state index in [1.807, 2.05) is 47.8 Å². The van der Waals surface area contributed by atoms with Gasteiger partial charge in [-0.05, 0) is 23.3 Å². The maximum Gasteiger partial charge on any atom is 0.263 e. The van der Waals surface area contributed by atoms with Gasteiger partial charge in [0.15, 0.2) is 0 Å². The first-order valence-corrected chi connectivity index (χ1v) is 13.4. The normalized spacial score (nSPS) is 12.6. The summed E-state index contributed by atoms with van der Waals surface area (Å²) in [5, 5.41) is 0. The van der Waals surface area contributed by atoms with Crippen LogP contribution in [0.2, 0.25) is 0 Å². The number of hydrogen-bond donors (Lipinski definition) is 0. The molecule has 0 aliphatic carbocycles. The predicted octanol–water partition coefficient (Wildman–Crippen LogP) is 4.91. The van der Waals surface area contributed by atoms with Gasteiger partial charge in [0.1, 0.15) is 11.5 Å². The molecule has 0 saturated carbocycles. The Bertz CT molecular complexity index is 811. The van der Waals surface area contributed by atoms with Crippen LogP contribution in [-0.2, 0) is 12.1 Å². The summed E-state index contributed by atoms with van der Waals surface area (Å²) < 4.78 is 12.5.